The van der Waals surface area contributed by atoms with Crippen molar-refractivity contribution >= 4 is 11.9 Å². The van der Waals surface area contributed by atoms with Crippen molar-refractivity contribution in [3.8, 4) is 0 Å². The van der Waals surface area contributed by atoms with E-state index in [9.17, 15) is 13.2 Å². The van der Waals surface area contributed by atoms with E-state index in [1.165, 1.54) is 6.07 Å². The minimum absolute atomic E-state index is 0.0930. The van der Waals surface area contributed by atoms with Gasteiger partial charge in [0.25, 0.3) is 0 Å². The molecule has 0 unspecified atom stereocenters. The zero-order valence-electron chi connectivity index (χ0n) is 9.07. The van der Waals surface area contributed by atoms with E-state index >= 15 is 0 Å². The second-order valence-electron chi connectivity index (χ2n) is 3.39. The molecule has 0 fully saturated rings. The Morgan fingerprint density at radius 2 is 2.00 bits per heavy atom. The first-order valence-corrected chi connectivity index (χ1v) is 4.95. The van der Waals surface area contributed by atoms with Gasteiger partial charge >= 0.3 is 6.18 Å². The molecule has 0 saturated carbocycles. The highest BCUT2D eigenvalue weighted by molar-refractivity contribution is 5.67. The summed E-state index contributed by atoms with van der Waals surface area (Å²) in [5, 5.41) is 17.2. The van der Waals surface area contributed by atoms with Gasteiger partial charge in [-0.05, 0) is 24.1 Å². The lowest BCUT2D eigenvalue weighted by molar-refractivity contribution is -0.137. The Bertz CT molecular complexity index is 414. The first-order valence-electron chi connectivity index (χ1n) is 4.95. The maximum Gasteiger partial charge on any atom is 0.416 e. The van der Waals surface area contributed by atoms with Crippen molar-refractivity contribution in [3.63, 3.8) is 0 Å². The van der Waals surface area contributed by atoms with Crippen molar-refractivity contribution in [2.24, 2.45) is 4.99 Å². The zero-order chi connectivity index (χ0) is 13.1. The van der Waals surface area contributed by atoms with Crippen LogP contribution in [0.4, 0.5) is 18.9 Å². The lowest BCUT2D eigenvalue weighted by Crippen LogP contribution is -2.06. The van der Waals surface area contributed by atoms with Crippen molar-refractivity contribution in [2.75, 3.05) is 0 Å². The Labute approximate surface area is 96.2 Å². The quantitative estimate of drug-likeness (QED) is 0.636. The van der Waals surface area contributed by atoms with Gasteiger partial charge in [0, 0.05) is 0 Å². The van der Waals surface area contributed by atoms with E-state index in [0.717, 1.165) is 18.3 Å². The van der Waals surface area contributed by atoms with Gasteiger partial charge in [0.05, 0.1) is 17.5 Å². The van der Waals surface area contributed by atoms with Crippen LogP contribution in [-0.4, -0.2) is 22.7 Å². The van der Waals surface area contributed by atoms with Gasteiger partial charge in [-0.15, -0.1) is 0 Å². The third kappa shape index (κ3) is 3.83. The van der Waals surface area contributed by atoms with Crippen LogP contribution in [0.5, 0.6) is 0 Å². The fraction of sp³-hybridized carbons (Fsp3) is 0.364. The van der Waals surface area contributed by atoms with Crippen LogP contribution in [0, 0.1) is 0 Å². The summed E-state index contributed by atoms with van der Waals surface area (Å²) in [6, 6.07) is 3.20. The molecule has 2 N–H and O–H groups in total. The molecule has 0 spiro atoms. The highest BCUT2D eigenvalue weighted by Crippen LogP contribution is 2.33. The number of benzene rings is 1. The number of halogens is 3. The number of alkyl halides is 3. The molecule has 0 aliphatic rings. The predicted octanol–water partition coefficient (Wildman–Crippen LogP) is 2.28. The molecule has 94 valence electrons. The summed E-state index contributed by atoms with van der Waals surface area (Å²) in [7, 11) is 0. The van der Waals surface area contributed by atoms with Crippen LogP contribution in [0.15, 0.2) is 23.2 Å². The van der Waals surface area contributed by atoms with Gasteiger partial charge < -0.3 is 10.2 Å². The van der Waals surface area contributed by atoms with E-state index in [2.05, 4.69) is 4.99 Å². The summed E-state index contributed by atoms with van der Waals surface area (Å²) in [6.45, 7) is 1.77. The first-order chi connectivity index (χ1) is 7.84. The molecule has 0 aliphatic heterocycles. The number of aryl methyl sites for hydroxylation is 1. The van der Waals surface area contributed by atoms with Crippen molar-refractivity contribution in [1.29, 1.82) is 0 Å². The molecule has 0 amide bonds. The molecule has 0 aliphatic carbocycles. The van der Waals surface area contributed by atoms with Crippen molar-refractivity contribution in [3.05, 3.63) is 29.3 Å². The molecule has 3 nitrogen and oxygen atoms in total. The Hall–Kier alpha value is -1.40. The van der Waals surface area contributed by atoms with E-state index in [1.807, 2.05) is 0 Å². The average molecular weight is 247 g/mol. The van der Waals surface area contributed by atoms with Crippen molar-refractivity contribution in [1.82, 2.24) is 0 Å². The summed E-state index contributed by atoms with van der Waals surface area (Å²) < 4.78 is 37.4. The van der Waals surface area contributed by atoms with Crippen LogP contribution in [-0.2, 0) is 12.6 Å². The van der Waals surface area contributed by atoms with Crippen LogP contribution in [0.3, 0.4) is 0 Å². The standard InChI is InChI=1S/C11H12F3NO2/c1-2-7-3-4-8(11(12,13)14)5-9(7)15-6-10(16)17/h3-6,10,16-17H,2H2,1H3. The molecule has 1 rings (SSSR count). The normalized spacial score (nSPS) is 12.6. The Morgan fingerprint density at radius 1 is 1.35 bits per heavy atom. The second-order valence-corrected chi connectivity index (χ2v) is 3.39. The number of hydrogen-bond acceptors (Lipinski definition) is 3. The SMILES string of the molecule is CCc1ccc(C(F)(F)F)cc1N=CC(O)O. The van der Waals surface area contributed by atoms with Crippen LogP contribution in [0.2, 0.25) is 0 Å². The highest BCUT2D eigenvalue weighted by Gasteiger charge is 2.30. The average Bonchev–Trinajstić information content (AvgIpc) is 2.24. The monoisotopic (exact) mass is 247 g/mol. The fourth-order valence-electron chi connectivity index (χ4n) is 1.31. The Morgan fingerprint density at radius 3 is 2.47 bits per heavy atom. The third-order valence-corrected chi connectivity index (χ3v) is 2.14. The van der Waals surface area contributed by atoms with Gasteiger partial charge in [0.2, 0.25) is 0 Å². The van der Waals surface area contributed by atoms with Crippen LogP contribution >= 0.6 is 0 Å². The predicted molar refractivity (Wildman–Crippen MR) is 57.2 cm³/mol. The minimum Gasteiger partial charge on any atom is -0.364 e. The maximum absolute atomic E-state index is 12.5. The molecule has 0 heterocycles. The van der Waals surface area contributed by atoms with E-state index in [1.54, 1.807) is 6.92 Å². The molecule has 0 aromatic heterocycles. The number of rotatable bonds is 3. The number of nitrogens with zero attached hydrogens (tertiary/aromatic N) is 1. The summed E-state index contributed by atoms with van der Waals surface area (Å²) in [6.07, 6.45) is -4.94. The molecule has 0 radical (unpaired) electrons. The molecule has 0 atom stereocenters. The largest absolute Gasteiger partial charge is 0.416 e. The lowest BCUT2D eigenvalue weighted by Gasteiger charge is -2.10. The van der Waals surface area contributed by atoms with Crippen LogP contribution in [0.1, 0.15) is 18.1 Å². The van der Waals surface area contributed by atoms with Crippen molar-refractivity contribution in [2.45, 2.75) is 25.8 Å². The summed E-state index contributed by atoms with van der Waals surface area (Å²) in [5.74, 6) is 0. The van der Waals surface area contributed by atoms with E-state index in [0.29, 0.717) is 12.0 Å². The van der Waals surface area contributed by atoms with Gasteiger partial charge in [-0.3, -0.25) is 4.99 Å². The van der Waals surface area contributed by atoms with E-state index in [-0.39, 0.29) is 5.69 Å². The van der Waals surface area contributed by atoms with Crippen LogP contribution < -0.4 is 0 Å². The summed E-state index contributed by atoms with van der Waals surface area (Å²) >= 11 is 0. The van der Waals surface area contributed by atoms with Gasteiger partial charge in [-0.1, -0.05) is 13.0 Å². The first kappa shape index (κ1) is 13.7. The summed E-state index contributed by atoms with van der Waals surface area (Å²) in [4.78, 5) is 3.63. The Kier molecular flexibility index (Phi) is 4.25. The third-order valence-electron chi connectivity index (χ3n) is 2.14. The lowest BCUT2D eigenvalue weighted by atomic mass is 10.1. The summed E-state index contributed by atoms with van der Waals surface area (Å²) in [5.41, 5.74) is -0.111. The number of aliphatic imine (C=N–C) groups is 1. The number of aliphatic hydroxyl groups excluding tert-OH is 1. The van der Waals surface area contributed by atoms with Gasteiger partial charge in [-0.2, -0.15) is 13.2 Å². The van der Waals surface area contributed by atoms with E-state index in [4.69, 9.17) is 10.2 Å². The highest BCUT2D eigenvalue weighted by atomic mass is 19.4. The van der Waals surface area contributed by atoms with Crippen molar-refractivity contribution < 1.29 is 23.4 Å². The molecule has 6 heteroatoms. The molecule has 17 heavy (non-hydrogen) atoms. The Balaban J connectivity index is 3.16. The molecular formula is C11H12F3NO2. The molecule has 0 saturated heterocycles. The fourth-order valence-corrected chi connectivity index (χ4v) is 1.31. The van der Waals surface area contributed by atoms with Gasteiger partial charge in [-0.25, -0.2) is 0 Å². The minimum atomic E-state index is -4.44. The maximum atomic E-state index is 12.5. The smallest absolute Gasteiger partial charge is 0.364 e. The van der Waals surface area contributed by atoms with Gasteiger partial charge in [0.15, 0.2) is 6.29 Å². The molecular weight excluding hydrogens is 235 g/mol. The molecule has 1 aromatic carbocycles. The number of hydrogen-bond donors (Lipinski definition) is 2. The second kappa shape index (κ2) is 5.29. The van der Waals surface area contributed by atoms with Crippen LogP contribution in [0.25, 0.3) is 0 Å². The molecule has 0 bridgehead atoms. The molecule has 1 aromatic rings. The zero-order valence-corrected chi connectivity index (χ0v) is 9.07. The number of aliphatic hydroxyl groups is 2. The topological polar surface area (TPSA) is 52.8 Å². The van der Waals surface area contributed by atoms with E-state index < -0.39 is 18.0 Å². The van der Waals surface area contributed by atoms with Gasteiger partial charge in [0.1, 0.15) is 0 Å².